The summed E-state index contributed by atoms with van der Waals surface area (Å²) in [5, 5.41) is 7.88. The number of alkyl carbamates (subject to hydrolysis) is 1. The van der Waals surface area contributed by atoms with Gasteiger partial charge in [0.1, 0.15) is 43.2 Å². The van der Waals surface area contributed by atoms with Crippen LogP contribution in [0.5, 0.6) is 5.95 Å². The summed E-state index contributed by atoms with van der Waals surface area (Å²) >= 11 is 0. The van der Waals surface area contributed by atoms with Crippen molar-refractivity contribution in [3.8, 4) is 17.1 Å². The van der Waals surface area contributed by atoms with Crippen molar-refractivity contribution in [3.05, 3.63) is 71.7 Å². The van der Waals surface area contributed by atoms with Gasteiger partial charge in [0, 0.05) is 33.6 Å². The minimum Gasteiger partial charge on any atom is -0.463 e. The van der Waals surface area contributed by atoms with E-state index in [0.717, 1.165) is 43.0 Å². The van der Waals surface area contributed by atoms with Crippen LogP contribution in [0.2, 0.25) is 0 Å². The van der Waals surface area contributed by atoms with Gasteiger partial charge in [0.15, 0.2) is 18.5 Å². The lowest BCUT2D eigenvalue weighted by Gasteiger charge is -2.45. The van der Waals surface area contributed by atoms with Crippen LogP contribution in [0.3, 0.4) is 0 Å². The van der Waals surface area contributed by atoms with E-state index in [2.05, 4.69) is 20.9 Å². The number of oxazole rings is 1. The van der Waals surface area contributed by atoms with E-state index in [0.29, 0.717) is 0 Å². The fraction of sp³-hybridized carbons (Fsp3) is 0.488. The Bertz CT molecular complexity index is 1960. The highest BCUT2D eigenvalue weighted by atomic mass is 16.7. The second-order valence-electron chi connectivity index (χ2n) is 15.0. The molecule has 59 heavy (non-hydrogen) atoms. The third kappa shape index (κ3) is 11.8. The summed E-state index contributed by atoms with van der Waals surface area (Å²) in [5.74, 6) is -3.71. The van der Waals surface area contributed by atoms with Crippen LogP contribution in [-0.4, -0.2) is 102 Å². The number of nitrogens with zero attached hydrogens (tertiary/aromatic N) is 1. The Hall–Kier alpha value is -6.01. The molecule has 7 atom stereocenters. The second kappa shape index (κ2) is 19.2. The molecular weight excluding hydrogens is 772 g/mol. The first-order valence-electron chi connectivity index (χ1n) is 19.0. The van der Waals surface area contributed by atoms with Crippen LogP contribution in [0.15, 0.2) is 59.1 Å². The second-order valence-corrected chi connectivity index (χ2v) is 15.0. The minimum absolute atomic E-state index is 0.0634. The first-order valence-corrected chi connectivity index (χ1v) is 19.0. The van der Waals surface area contributed by atoms with Crippen LogP contribution in [-0.2, 0) is 58.9 Å². The van der Waals surface area contributed by atoms with E-state index in [1.807, 2.05) is 69.3 Å². The summed E-state index contributed by atoms with van der Waals surface area (Å²) < 4.78 is 45.7. The highest BCUT2D eigenvalue weighted by Gasteiger charge is 2.52. The summed E-state index contributed by atoms with van der Waals surface area (Å²) in [7, 11) is 0. The number of benzene rings is 2. The number of rotatable bonds is 15. The van der Waals surface area contributed by atoms with Gasteiger partial charge in [-0.3, -0.25) is 24.0 Å². The van der Waals surface area contributed by atoms with E-state index in [9.17, 15) is 28.8 Å². The van der Waals surface area contributed by atoms with Crippen LogP contribution in [0.1, 0.15) is 78.3 Å². The van der Waals surface area contributed by atoms with Gasteiger partial charge in [-0.25, -0.2) is 9.78 Å². The Morgan fingerprint density at radius 2 is 1.42 bits per heavy atom. The normalized spacial score (nSPS) is 20.8. The van der Waals surface area contributed by atoms with Crippen LogP contribution >= 0.6 is 0 Å². The quantitative estimate of drug-likeness (QED) is 0.147. The molecule has 1 aromatic heterocycles. The molecule has 1 saturated heterocycles. The van der Waals surface area contributed by atoms with Crippen molar-refractivity contribution in [1.29, 1.82) is 0 Å². The molecule has 2 heterocycles. The summed E-state index contributed by atoms with van der Waals surface area (Å²) in [4.78, 5) is 80.7. The van der Waals surface area contributed by atoms with Crippen LogP contribution < -0.4 is 20.7 Å². The number of ether oxygens (including phenoxy) is 7. The molecule has 18 heteroatoms. The lowest BCUT2D eigenvalue weighted by Crippen LogP contribution is -2.67. The largest absolute Gasteiger partial charge is 0.463 e. The summed E-state index contributed by atoms with van der Waals surface area (Å²) in [6, 6.07) is 12.8. The molecule has 3 N–H and O–H groups in total. The average Bonchev–Trinajstić information content (AvgIpc) is 3.73. The van der Waals surface area contributed by atoms with Crippen molar-refractivity contribution in [2.24, 2.45) is 0 Å². The molecule has 3 aromatic rings. The Morgan fingerprint density at radius 1 is 0.814 bits per heavy atom. The van der Waals surface area contributed by atoms with E-state index in [1.165, 1.54) is 20.0 Å². The summed E-state index contributed by atoms with van der Waals surface area (Å²) in [6.07, 6.45) is -6.51. The molecule has 2 aliphatic rings. The van der Waals surface area contributed by atoms with Gasteiger partial charge in [0.05, 0.1) is 12.6 Å². The average molecular weight is 823 g/mol. The molecule has 0 spiro atoms. The van der Waals surface area contributed by atoms with Crippen molar-refractivity contribution >= 4 is 35.8 Å². The van der Waals surface area contributed by atoms with Gasteiger partial charge < -0.3 is 53.5 Å². The Labute approximate surface area is 340 Å². The summed E-state index contributed by atoms with van der Waals surface area (Å²) in [5.41, 5.74) is 3.42. The van der Waals surface area contributed by atoms with E-state index >= 15 is 0 Å². The monoisotopic (exact) mass is 822 g/mol. The highest BCUT2D eigenvalue weighted by Crippen LogP contribution is 2.44. The number of aromatic nitrogens is 1. The first-order chi connectivity index (χ1) is 27.9. The fourth-order valence-electron chi connectivity index (χ4n) is 6.86. The van der Waals surface area contributed by atoms with Crippen molar-refractivity contribution in [2.45, 2.75) is 116 Å². The maximum absolute atomic E-state index is 14.0. The Morgan fingerprint density at radius 3 is 2.00 bits per heavy atom. The molecule has 5 rings (SSSR count). The van der Waals surface area contributed by atoms with Gasteiger partial charge in [-0.2, -0.15) is 0 Å². The van der Waals surface area contributed by atoms with Crippen LogP contribution in [0.4, 0.5) is 4.79 Å². The van der Waals surface area contributed by atoms with Gasteiger partial charge in [-0.05, 0) is 49.9 Å². The maximum Gasteiger partial charge on any atom is 0.407 e. The van der Waals surface area contributed by atoms with E-state index in [4.69, 9.17) is 37.6 Å². The maximum atomic E-state index is 14.0. The molecule has 0 bridgehead atoms. The third-order valence-corrected chi connectivity index (χ3v) is 9.14. The molecule has 0 radical (unpaired) electrons. The molecule has 1 fully saturated rings. The Kier molecular flexibility index (Phi) is 14.3. The van der Waals surface area contributed by atoms with Gasteiger partial charge in [-0.15, -0.1) is 0 Å². The standard InChI is InChI=1S/C41H50N4O14/c1-21(54-39-35(44-22(2)46)37(56-25(5)49)36(55-24(4)48)31(57-39)20-52-23(3)47)34(38(50)43-17-32-42-18-33(58-32)59-41(6,7)8)45-40(51)53-19-30-28-15-11-9-13-26(28)27-14-10-12-16-29(27)30/h9-16,18,21,30-31,34-37,39H,17,19-20H2,1-8H3,(H,43,50)(H,44,46)(H,45,51)/t21-,31+,34-,35+,36-,37+,39-/m0/s1. The molecule has 0 saturated carbocycles. The lowest BCUT2D eigenvalue weighted by molar-refractivity contribution is -0.287. The Balaban J connectivity index is 1.40. The van der Waals surface area contributed by atoms with Gasteiger partial charge in [-0.1, -0.05) is 48.5 Å². The molecule has 3 amide bonds. The smallest absolute Gasteiger partial charge is 0.407 e. The summed E-state index contributed by atoms with van der Waals surface area (Å²) in [6.45, 7) is 10.7. The molecule has 0 unspecified atom stereocenters. The van der Waals surface area contributed by atoms with Gasteiger partial charge >= 0.3 is 29.9 Å². The molecule has 18 nitrogen and oxygen atoms in total. The molecule has 2 aromatic carbocycles. The number of nitrogens with one attached hydrogen (secondary N) is 3. The van der Waals surface area contributed by atoms with Crippen molar-refractivity contribution in [3.63, 3.8) is 0 Å². The van der Waals surface area contributed by atoms with E-state index in [-0.39, 0.29) is 30.9 Å². The third-order valence-electron chi connectivity index (χ3n) is 9.14. The molecular formula is C41H50N4O14. The number of carbonyl (C=O) groups is 6. The van der Waals surface area contributed by atoms with Crippen LogP contribution in [0.25, 0.3) is 11.1 Å². The lowest BCUT2D eigenvalue weighted by atomic mass is 9.95. The first kappa shape index (κ1) is 44.1. The SMILES string of the molecule is CC(=O)N[C@H]1[C@@H](O[C@@H](C)[C@H](NC(=O)OCC2c3ccccc3-c3ccccc32)C(=O)NCc2ncc(OC(C)(C)C)o2)O[C@H](COC(C)=O)[C@H](OC(C)=O)[C@@H]1OC(C)=O. The topological polar surface area (TPSA) is 229 Å². The van der Waals surface area contributed by atoms with Crippen LogP contribution in [0, 0.1) is 0 Å². The van der Waals surface area contributed by atoms with Crippen molar-refractivity contribution in [1.82, 2.24) is 20.9 Å². The van der Waals surface area contributed by atoms with E-state index in [1.54, 1.807) is 0 Å². The van der Waals surface area contributed by atoms with Crippen molar-refractivity contribution < 1.29 is 66.3 Å². The zero-order chi connectivity index (χ0) is 43.0. The van der Waals surface area contributed by atoms with Crippen molar-refractivity contribution in [2.75, 3.05) is 13.2 Å². The molecule has 1 aliphatic carbocycles. The molecule has 1 aliphatic heterocycles. The number of fused-ring (bicyclic) bond motifs is 3. The zero-order valence-corrected chi connectivity index (χ0v) is 34.1. The number of hydrogen-bond acceptors (Lipinski definition) is 15. The number of hydrogen-bond donors (Lipinski definition) is 3. The molecule has 318 valence electrons. The predicted octanol–water partition coefficient (Wildman–Crippen LogP) is 3.44. The van der Waals surface area contributed by atoms with Gasteiger partial charge in [0.2, 0.25) is 17.7 Å². The zero-order valence-electron chi connectivity index (χ0n) is 34.1. The predicted molar refractivity (Wildman–Crippen MR) is 205 cm³/mol. The fourth-order valence-corrected chi connectivity index (χ4v) is 6.86. The minimum atomic E-state index is -1.55. The highest BCUT2D eigenvalue weighted by molar-refractivity contribution is 5.86. The van der Waals surface area contributed by atoms with E-state index < -0.39 is 90.8 Å². The number of carbonyl (C=O) groups excluding carboxylic acids is 6. The number of amides is 3. The number of esters is 3. The van der Waals surface area contributed by atoms with Gasteiger partial charge in [0.25, 0.3) is 0 Å².